The Morgan fingerprint density at radius 3 is 2.84 bits per heavy atom. The highest BCUT2D eigenvalue weighted by Crippen LogP contribution is 2.31. The standard InChI is InChI=1S/C17H14N6OS/c1-10-14-8-15(25-12-4-2-3-11(24)7-12)20-9-23(14)22-16(10)13-5-6-19-17(18)21-13/h2-9,24H,1H3,(H2,18,19,21). The zero-order valence-electron chi connectivity index (χ0n) is 13.3. The molecule has 0 aliphatic carbocycles. The Hall–Kier alpha value is -3.13. The minimum Gasteiger partial charge on any atom is -0.508 e. The lowest BCUT2D eigenvalue weighted by Crippen LogP contribution is -1.96. The van der Waals surface area contributed by atoms with Crippen LogP contribution in [0.25, 0.3) is 16.9 Å². The molecule has 0 saturated carbocycles. The first-order valence-electron chi connectivity index (χ1n) is 7.51. The number of benzene rings is 1. The normalized spacial score (nSPS) is 11.1. The van der Waals surface area contributed by atoms with Gasteiger partial charge >= 0.3 is 0 Å². The van der Waals surface area contributed by atoms with Crippen LogP contribution in [0, 0.1) is 6.92 Å². The van der Waals surface area contributed by atoms with Crippen LogP contribution in [0.15, 0.2) is 58.8 Å². The van der Waals surface area contributed by atoms with E-state index in [1.807, 2.05) is 19.1 Å². The molecule has 1 aromatic carbocycles. The summed E-state index contributed by atoms with van der Waals surface area (Å²) in [6.07, 6.45) is 3.28. The lowest BCUT2D eigenvalue weighted by atomic mass is 10.2. The summed E-state index contributed by atoms with van der Waals surface area (Å²) in [7, 11) is 0. The minimum absolute atomic E-state index is 0.215. The molecule has 0 fully saturated rings. The number of anilines is 1. The second-order valence-electron chi connectivity index (χ2n) is 5.43. The smallest absolute Gasteiger partial charge is 0.220 e. The van der Waals surface area contributed by atoms with Crippen molar-refractivity contribution in [3.05, 3.63) is 54.5 Å². The van der Waals surface area contributed by atoms with Gasteiger partial charge in [0.15, 0.2) is 0 Å². The number of fused-ring (bicyclic) bond motifs is 1. The van der Waals surface area contributed by atoms with Crippen molar-refractivity contribution in [2.75, 3.05) is 5.73 Å². The molecule has 8 heteroatoms. The fourth-order valence-electron chi connectivity index (χ4n) is 2.53. The van der Waals surface area contributed by atoms with Gasteiger partial charge in [0.2, 0.25) is 5.95 Å². The fourth-order valence-corrected chi connectivity index (χ4v) is 3.37. The first-order chi connectivity index (χ1) is 12.1. The largest absolute Gasteiger partial charge is 0.508 e. The van der Waals surface area contributed by atoms with Gasteiger partial charge < -0.3 is 10.8 Å². The molecule has 0 bridgehead atoms. The Balaban J connectivity index is 1.75. The molecular formula is C17H14N6OS. The highest BCUT2D eigenvalue weighted by Gasteiger charge is 2.14. The summed E-state index contributed by atoms with van der Waals surface area (Å²) in [6.45, 7) is 1.98. The van der Waals surface area contributed by atoms with Crippen LogP contribution in [0.4, 0.5) is 5.95 Å². The molecule has 0 aliphatic rings. The maximum atomic E-state index is 9.59. The van der Waals surface area contributed by atoms with Crippen molar-refractivity contribution in [3.63, 3.8) is 0 Å². The average Bonchev–Trinajstić information content (AvgIpc) is 2.92. The zero-order chi connectivity index (χ0) is 17.4. The van der Waals surface area contributed by atoms with E-state index >= 15 is 0 Å². The monoisotopic (exact) mass is 350 g/mol. The molecule has 0 spiro atoms. The van der Waals surface area contributed by atoms with E-state index in [0.29, 0.717) is 5.69 Å². The summed E-state index contributed by atoms with van der Waals surface area (Å²) in [5.41, 5.74) is 9.01. The molecule has 124 valence electrons. The molecule has 0 saturated heterocycles. The van der Waals surface area contributed by atoms with Crippen molar-refractivity contribution in [1.29, 1.82) is 0 Å². The fraction of sp³-hybridized carbons (Fsp3) is 0.0588. The Bertz CT molecular complexity index is 1080. The number of phenols is 1. The van der Waals surface area contributed by atoms with Crippen LogP contribution in [0.2, 0.25) is 0 Å². The van der Waals surface area contributed by atoms with Gasteiger partial charge in [-0.3, -0.25) is 0 Å². The minimum atomic E-state index is 0.215. The molecular weight excluding hydrogens is 336 g/mol. The Morgan fingerprint density at radius 2 is 2.04 bits per heavy atom. The van der Waals surface area contributed by atoms with Crippen LogP contribution in [-0.2, 0) is 0 Å². The van der Waals surface area contributed by atoms with E-state index in [1.54, 1.807) is 41.3 Å². The molecule has 0 amide bonds. The number of hydrogen-bond donors (Lipinski definition) is 2. The van der Waals surface area contributed by atoms with Crippen molar-refractivity contribution in [1.82, 2.24) is 24.6 Å². The molecule has 0 atom stereocenters. The molecule has 4 rings (SSSR count). The zero-order valence-corrected chi connectivity index (χ0v) is 14.1. The van der Waals surface area contributed by atoms with E-state index in [0.717, 1.165) is 26.7 Å². The summed E-state index contributed by atoms with van der Waals surface area (Å²) < 4.78 is 1.72. The van der Waals surface area contributed by atoms with Crippen LogP contribution in [0.3, 0.4) is 0 Å². The Morgan fingerprint density at radius 1 is 1.16 bits per heavy atom. The molecule has 3 heterocycles. The molecule has 4 aromatic rings. The predicted molar refractivity (Wildman–Crippen MR) is 95.4 cm³/mol. The molecule has 7 nitrogen and oxygen atoms in total. The first kappa shape index (κ1) is 15.4. The van der Waals surface area contributed by atoms with Crippen molar-refractivity contribution in [2.45, 2.75) is 16.8 Å². The summed E-state index contributed by atoms with van der Waals surface area (Å²) in [6, 6.07) is 10.8. The van der Waals surface area contributed by atoms with E-state index in [4.69, 9.17) is 5.73 Å². The second-order valence-corrected chi connectivity index (χ2v) is 6.52. The number of nitrogen functional groups attached to an aromatic ring is 1. The van der Waals surface area contributed by atoms with E-state index in [9.17, 15) is 5.11 Å². The van der Waals surface area contributed by atoms with Crippen LogP contribution >= 0.6 is 11.8 Å². The van der Waals surface area contributed by atoms with Gasteiger partial charge in [0.1, 0.15) is 22.8 Å². The molecule has 25 heavy (non-hydrogen) atoms. The maximum absolute atomic E-state index is 9.59. The number of aryl methyl sites for hydroxylation is 1. The van der Waals surface area contributed by atoms with Gasteiger partial charge in [-0.1, -0.05) is 17.8 Å². The third-order valence-electron chi connectivity index (χ3n) is 3.71. The Labute approximate surface area is 147 Å². The topological polar surface area (TPSA) is 102 Å². The van der Waals surface area contributed by atoms with Gasteiger partial charge in [-0.25, -0.2) is 19.5 Å². The van der Waals surface area contributed by atoms with Crippen LogP contribution in [0.5, 0.6) is 5.75 Å². The number of aromatic nitrogens is 5. The molecule has 0 aliphatic heterocycles. The number of rotatable bonds is 3. The number of nitrogens with zero attached hydrogens (tertiary/aromatic N) is 5. The van der Waals surface area contributed by atoms with Gasteiger partial charge in [0.05, 0.1) is 11.2 Å². The van der Waals surface area contributed by atoms with Crippen molar-refractivity contribution in [2.24, 2.45) is 0 Å². The first-order valence-corrected chi connectivity index (χ1v) is 8.32. The SMILES string of the molecule is Cc1c(-c2ccnc(N)n2)nn2cnc(Sc3cccc(O)c3)cc12. The van der Waals surface area contributed by atoms with Gasteiger partial charge in [-0.2, -0.15) is 5.10 Å². The quantitative estimate of drug-likeness (QED) is 0.548. The van der Waals surface area contributed by atoms with Gasteiger partial charge in [0, 0.05) is 16.7 Å². The average molecular weight is 350 g/mol. The second kappa shape index (κ2) is 6.06. The van der Waals surface area contributed by atoms with Crippen molar-refractivity contribution >= 4 is 23.2 Å². The third-order valence-corrected chi connectivity index (χ3v) is 4.63. The highest BCUT2D eigenvalue weighted by atomic mass is 32.2. The van der Waals surface area contributed by atoms with E-state index in [1.165, 1.54) is 11.8 Å². The van der Waals surface area contributed by atoms with E-state index < -0.39 is 0 Å². The molecule has 3 aromatic heterocycles. The van der Waals surface area contributed by atoms with E-state index in [2.05, 4.69) is 20.1 Å². The highest BCUT2D eigenvalue weighted by molar-refractivity contribution is 7.99. The molecule has 0 radical (unpaired) electrons. The Kier molecular flexibility index (Phi) is 3.73. The van der Waals surface area contributed by atoms with Gasteiger partial charge in [-0.15, -0.1) is 0 Å². The lowest BCUT2D eigenvalue weighted by molar-refractivity contribution is 0.474. The summed E-state index contributed by atoms with van der Waals surface area (Å²) in [4.78, 5) is 13.5. The van der Waals surface area contributed by atoms with Crippen LogP contribution in [0.1, 0.15) is 5.56 Å². The third kappa shape index (κ3) is 2.99. The molecule has 3 N–H and O–H groups in total. The lowest BCUT2D eigenvalue weighted by Gasteiger charge is -2.02. The molecule has 0 unspecified atom stereocenters. The number of phenolic OH excluding ortho intramolecular Hbond substituents is 1. The number of nitrogens with two attached hydrogens (primary N) is 1. The van der Waals surface area contributed by atoms with Crippen molar-refractivity contribution < 1.29 is 5.11 Å². The summed E-state index contributed by atoms with van der Waals surface area (Å²) in [5, 5.41) is 14.9. The van der Waals surface area contributed by atoms with E-state index in [-0.39, 0.29) is 11.7 Å². The van der Waals surface area contributed by atoms with Gasteiger partial charge in [0.25, 0.3) is 0 Å². The van der Waals surface area contributed by atoms with Gasteiger partial charge in [-0.05, 0) is 37.3 Å². The summed E-state index contributed by atoms with van der Waals surface area (Å²) in [5.74, 6) is 0.447. The van der Waals surface area contributed by atoms with Crippen LogP contribution in [-0.4, -0.2) is 29.7 Å². The number of aromatic hydroxyl groups is 1. The maximum Gasteiger partial charge on any atom is 0.220 e. The summed E-state index contributed by atoms with van der Waals surface area (Å²) >= 11 is 1.47. The number of hydrogen-bond acceptors (Lipinski definition) is 7. The van der Waals surface area contributed by atoms with Crippen LogP contribution < -0.4 is 5.73 Å². The van der Waals surface area contributed by atoms with Crippen molar-refractivity contribution in [3.8, 4) is 17.1 Å². The predicted octanol–water partition coefficient (Wildman–Crippen LogP) is 2.93.